The number of fused-ring (bicyclic) bond motifs is 1. The van der Waals surface area contributed by atoms with Gasteiger partial charge in [-0.15, -0.1) is 0 Å². The second-order valence-electron chi connectivity index (χ2n) is 3.93. The van der Waals surface area contributed by atoms with Gasteiger partial charge in [0.25, 0.3) is 11.7 Å². The highest BCUT2D eigenvalue weighted by molar-refractivity contribution is 9.09. The van der Waals surface area contributed by atoms with Gasteiger partial charge < -0.3 is 4.90 Å². The first-order valence-corrected chi connectivity index (χ1v) is 6.60. The number of rotatable bonds is 4. The zero-order valence-corrected chi connectivity index (χ0v) is 11.0. The summed E-state index contributed by atoms with van der Waals surface area (Å²) >= 11 is 3.24. The van der Waals surface area contributed by atoms with Crippen LogP contribution in [0.15, 0.2) is 12.1 Å². The Morgan fingerprint density at radius 3 is 2.44 bits per heavy atom. The summed E-state index contributed by atoms with van der Waals surface area (Å²) in [6.07, 6.45) is 1.39. The number of Topliss-reactive ketones (excluding diaryl/α,β-unsaturated/α-hetero) is 1. The Morgan fingerprint density at radius 2 is 1.78 bits per heavy atom. The molecule has 3 nitrogen and oxygen atoms in total. The van der Waals surface area contributed by atoms with Gasteiger partial charge in [0.1, 0.15) is 11.6 Å². The molecule has 0 spiro atoms. The first-order valence-electron chi connectivity index (χ1n) is 5.48. The van der Waals surface area contributed by atoms with Crippen molar-refractivity contribution in [3.63, 3.8) is 0 Å². The van der Waals surface area contributed by atoms with Gasteiger partial charge in [-0.2, -0.15) is 0 Å². The maximum absolute atomic E-state index is 13.7. The first kappa shape index (κ1) is 13.1. The number of carbonyl (C=O) groups excluding carboxylic acids is 2. The maximum Gasteiger partial charge on any atom is 0.299 e. The van der Waals surface area contributed by atoms with Gasteiger partial charge in [0.2, 0.25) is 0 Å². The summed E-state index contributed by atoms with van der Waals surface area (Å²) < 4.78 is 27.1. The third-order valence-corrected chi connectivity index (χ3v) is 3.34. The van der Waals surface area contributed by atoms with Gasteiger partial charge in [-0.25, -0.2) is 8.78 Å². The molecule has 2 rings (SSSR count). The number of hydrogen-bond acceptors (Lipinski definition) is 2. The molecule has 0 saturated carbocycles. The Labute approximate surface area is 111 Å². The van der Waals surface area contributed by atoms with E-state index >= 15 is 0 Å². The van der Waals surface area contributed by atoms with Crippen LogP contribution in [-0.4, -0.2) is 23.6 Å². The Morgan fingerprint density at radius 1 is 1.11 bits per heavy atom. The average Bonchev–Trinajstić information content (AvgIpc) is 2.60. The standard InChI is InChI=1S/C12H10BrF2NO2/c13-5-1-2-6-16-10-8(15)4-3-7(14)9(10)11(17)12(16)18/h3-4H,1-2,5-6H2. The minimum atomic E-state index is -0.971. The van der Waals surface area contributed by atoms with Gasteiger partial charge in [0, 0.05) is 11.9 Å². The fraction of sp³-hybridized carbons (Fsp3) is 0.333. The maximum atomic E-state index is 13.7. The Bertz CT molecular complexity index is 519. The summed E-state index contributed by atoms with van der Waals surface area (Å²) in [6, 6.07) is 1.79. The van der Waals surface area contributed by atoms with Gasteiger partial charge >= 0.3 is 0 Å². The lowest BCUT2D eigenvalue weighted by atomic mass is 10.1. The Hall–Kier alpha value is -1.30. The van der Waals surface area contributed by atoms with Crippen LogP contribution in [0.5, 0.6) is 0 Å². The van der Waals surface area contributed by atoms with Crippen molar-refractivity contribution >= 4 is 33.3 Å². The number of hydrogen-bond donors (Lipinski definition) is 0. The number of unbranched alkanes of at least 4 members (excludes halogenated alkanes) is 1. The SMILES string of the molecule is O=C1C(=O)N(CCCCBr)c2c(F)ccc(F)c21. The van der Waals surface area contributed by atoms with E-state index in [9.17, 15) is 18.4 Å². The van der Waals surface area contributed by atoms with E-state index in [-0.39, 0.29) is 12.2 Å². The van der Waals surface area contributed by atoms with Crippen molar-refractivity contribution in [1.82, 2.24) is 0 Å². The van der Waals surface area contributed by atoms with E-state index in [0.717, 1.165) is 28.8 Å². The zero-order valence-electron chi connectivity index (χ0n) is 9.38. The van der Waals surface area contributed by atoms with E-state index in [1.165, 1.54) is 0 Å². The molecule has 1 aliphatic heterocycles. The van der Waals surface area contributed by atoms with Crippen LogP contribution in [0.4, 0.5) is 14.5 Å². The minimum absolute atomic E-state index is 0.212. The molecule has 0 unspecified atom stereocenters. The number of ketones is 1. The summed E-state index contributed by atoms with van der Waals surface area (Å²) in [6.45, 7) is 0.212. The third-order valence-electron chi connectivity index (χ3n) is 2.78. The molecule has 6 heteroatoms. The summed E-state index contributed by atoms with van der Waals surface area (Å²) in [4.78, 5) is 24.3. The summed E-state index contributed by atoms with van der Waals surface area (Å²) in [7, 11) is 0. The van der Waals surface area contributed by atoms with Crippen LogP contribution in [0, 0.1) is 11.6 Å². The fourth-order valence-electron chi connectivity index (χ4n) is 1.93. The number of amides is 1. The summed E-state index contributed by atoms with van der Waals surface area (Å²) in [5.74, 6) is -3.43. The van der Waals surface area contributed by atoms with Crippen LogP contribution in [0.2, 0.25) is 0 Å². The van der Waals surface area contributed by atoms with E-state index in [4.69, 9.17) is 0 Å². The number of nitrogens with zero attached hydrogens (tertiary/aromatic N) is 1. The molecule has 1 aromatic rings. The van der Waals surface area contributed by atoms with Crippen molar-refractivity contribution in [3.05, 3.63) is 29.3 Å². The molecule has 1 amide bonds. The van der Waals surface area contributed by atoms with E-state index in [1.807, 2.05) is 0 Å². The van der Waals surface area contributed by atoms with Gasteiger partial charge in [-0.05, 0) is 25.0 Å². The highest BCUT2D eigenvalue weighted by Gasteiger charge is 2.40. The molecular formula is C12H10BrF2NO2. The van der Waals surface area contributed by atoms with Crippen molar-refractivity contribution in [2.24, 2.45) is 0 Å². The van der Waals surface area contributed by atoms with E-state index in [2.05, 4.69) is 15.9 Å². The largest absolute Gasteiger partial charge is 0.302 e. The van der Waals surface area contributed by atoms with E-state index < -0.39 is 28.9 Å². The highest BCUT2D eigenvalue weighted by Crippen LogP contribution is 2.33. The summed E-state index contributed by atoms with van der Waals surface area (Å²) in [5.41, 5.74) is -0.668. The summed E-state index contributed by atoms with van der Waals surface area (Å²) in [5, 5.41) is 0.751. The fourth-order valence-corrected chi connectivity index (χ4v) is 2.33. The molecule has 1 aliphatic rings. The molecule has 1 aromatic carbocycles. The van der Waals surface area contributed by atoms with Crippen LogP contribution < -0.4 is 4.90 Å². The topological polar surface area (TPSA) is 37.4 Å². The lowest BCUT2D eigenvalue weighted by Gasteiger charge is -2.16. The predicted octanol–water partition coefficient (Wildman–Crippen LogP) is 2.67. The molecule has 0 saturated heterocycles. The second kappa shape index (κ2) is 5.14. The zero-order chi connectivity index (χ0) is 13.3. The van der Waals surface area contributed by atoms with Crippen LogP contribution in [0.1, 0.15) is 23.2 Å². The van der Waals surface area contributed by atoms with Crippen LogP contribution in [0.3, 0.4) is 0 Å². The van der Waals surface area contributed by atoms with Crippen molar-refractivity contribution in [2.75, 3.05) is 16.8 Å². The van der Waals surface area contributed by atoms with Gasteiger partial charge in [0.05, 0.1) is 11.3 Å². The minimum Gasteiger partial charge on any atom is -0.302 e. The Balaban J connectivity index is 2.39. The van der Waals surface area contributed by atoms with Crippen molar-refractivity contribution in [3.8, 4) is 0 Å². The first-order chi connectivity index (χ1) is 8.57. The van der Waals surface area contributed by atoms with Crippen molar-refractivity contribution in [1.29, 1.82) is 0 Å². The third kappa shape index (κ3) is 2.05. The van der Waals surface area contributed by atoms with Crippen LogP contribution in [-0.2, 0) is 4.79 Å². The number of benzene rings is 1. The monoisotopic (exact) mass is 317 g/mol. The smallest absolute Gasteiger partial charge is 0.299 e. The van der Waals surface area contributed by atoms with E-state index in [1.54, 1.807) is 0 Å². The average molecular weight is 318 g/mol. The molecule has 0 N–H and O–H groups in total. The molecule has 1 heterocycles. The normalized spacial score (nSPS) is 14.3. The highest BCUT2D eigenvalue weighted by atomic mass is 79.9. The molecule has 0 fully saturated rings. The molecule has 96 valence electrons. The van der Waals surface area contributed by atoms with Gasteiger partial charge in [-0.1, -0.05) is 15.9 Å². The predicted molar refractivity (Wildman–Crippen MR) is 66.1 cm³/mol. The van der Waals surface area contributed by atoms with Crippen LogP contribution in [0.25, 0.3) is 0 Å². The Kier molecular flexibility index (Phi) is 3.75. The van der Waals surface area contributed by atoms with Crippen molar-refractivity contribution < 1.29 is 18.4 Å². The second-order valence-corrected chi connectivity index (χ2v) is 4.73. The molecule has 0 radical (unpaired) electrons. The number of carbonyl (C=O) groups is 2. The quantitative estimate of drug-likeness (QED) is 0.486. The number of halogens is 3. The van der Waals surface area contributed by atoms with Crippen molar-refractivity contribution in [2.45, 2.75) is 12.8 Å². The molecule has 0 atom stereocenters. The van der Waals surface area contributed by atoms with Crippen LogP contribution >= 0.6 is 15.9 Å². The molecule has 18 heavy (non-hydrogen) atoms. The molecule has 0 aliphatic carbocycles. The lowest BCUT2D eigenvalue weighted by Crippen LogP contribution is -2.31. The lowest BCUT2D eigenvalue weighted by molar-refractivity contribution is -0.114. The number of anilines is 1. The van der Waals surface area contributed by atoms with E-state index in [0.29, 0.717) is 6.42 Å². The number of alkyl halides is 1. The van der Waals surface area contributed by atoms with Gasteiger partial charge in [0.15, 0.2) is 0 Å². The molecule has 0 aromatic heterocycles. The van der Waals surface area contributed by atoms with Gasteiger partial charge in [-0.3, -0.25) is 9.59 Å². The molecule has 0 bridgehead atoms. The molecular weight excluding hydrogens is 308 g/mol.